The second-order valence-electron chi connectivity index (χ2n) is 6.97. The Morgan fingerprint density at radius 3 is 2.38 bits per heavy atom. The number of aliphatic imine (C=N–C) groups is 1. The third kappa shape index (κ3) is 8.44. The quantitative estimate of drug-likeness (QED) is 0.346. The first-order valence-electron chi connectivity index (χ1n) is 10.1. The molecule has 0 heterocycles. The Hall–Kier alpha value is -2.73. The van der Waals surface area contributed by atoms with Crippen LogP contribution < -0.4 is 20.1 Å². The molecule has 0 fully saturated rings. The first kappa shape index (κ1) is 22.6. The van der Waals surface area contributed by atoms with Crippen LogP contribution in [0.25, 0.3) is 0 Å². The molecule has 2 aromatic carbocycles. The number of guanidine groups is 1. The molecule has 0 aromatic heterocycles. The number of benzene rings is 2. The summed E-state index contributed by atoms with van der Waals surface area (Å²) in [6.07, 6.45) is 1.02. The summed E-state index contributed by atoms with van der Waals surface area (Å²) in [6.45, 7) is 5.74. The molecule has 29 heavy (non-hydrogen) atoms. The molecule has 6 nitrogen and oxygen atoms in total. The number of rotatable bonds is 11. The van der Waals surface area contributed by atoms with E-state index in [0.717, 1.165) is 42.6 Å². The van der Waals surface area contributed by atoms with Gasteiger partial charge in [-0.2, -0.15) is 0 Å². The Balaban J connectivity index is 1.77. The van der Waals surface area contributed by atoms with E-state index < -0.39 is 0 Å². The van der Waals surface area contributed by atoms with Gasteiger partial charge < -0.3 is 25.0 Å². The van der Waals surface area contributed by atoms with Crippen molar-refractivity contribution in [2.75, 3.05) is 40.9 Å². The zero-order chi connectivity index (χ0) is 20.9. The van der Waals surface area contributed by atoms with E-state index in [9.17, 15) is 0 Å². The number of nitrogens with one attached hydrogen (secondary N) is 2. The van der Waals surface area contributed by atoms with E-state index in [-0.39, 0.29) is 0 Å². The molecule has 0 amide bonds. The Bertz CT molecular complexity index is 745. The van der Waals surface area contributed by atoms with Gasteiger partial charge in [0, 0.05) is 32.2 Å². The average molecular weight is 399 g/mol. The lowest BCUT2D eigenvalue weighted by atomic mass is 10.2. The smallest absolute Gasteiger partial charge is 0.191 e. The van der Waals surface area contributed by atoms with Crippen LogP contribution in [-0.2, 0) is 13.1 Å². The van der Waals surface area contributed by atoms with Crippen molar-refractivity contribution in [2.24, 2.45) is 4.99 Å². The van der Waals surface area contributed by atoms with Crippen molar-refractivity contribution in [1.29, 1.82) is 0 Å². The Kier molecular flexibility index (Phi) is 9.86. The second-order valence-corrected chi connectivity index (χ2v) is 6.97. The summed E-state index contributed by atoms with van der Waals surface area (Å²) in [5.41, 5.74) is 2.27. The van der Waals surface area contributed by atoms with Crippen LogP contribution in [0.3, 0.4) is 0 Å². The first-order chi connectivity index (χ1) is 14.1. The molecule has 2 N–H and O–H groups in total. The van der Waals surface area contributed by atoms with Crippen molar-refractivity contribution in [2.45, 2.75) is 26.4 Å². The van der Waals surface area contributed by atoms with Crippen LogP contribution in [0.5, 0.6) is 11.5 Å². The molecule has 0 saturated heterocycles. The minimum Gasteiger partial charge on any atom is -0.494 e. The third-order valence-electron chi connectivity index (χ3n) is 4.34. The van der Waals surface area contributed by atoms with Crippen molar-refractivity contribution < 1.29 is 9.47 Å². The summed E-state index contributed by atoms with van der Waals surface area (Å²) in [7, 11) is 5.92. The van der Waals surface area contributed by atoms with E-state index in [4.69, 9.17) is 9.47 Å². The lowest BCUT2D eigenvalue weighted by molar-refractivity contribution is 0.281. The predicted molar refractivity (Wildman–Crippen MR) is 120 cm³/mol. The highest BCUT2D eigenvalue weighted by Crippen LogP contribution is 2.17. The molecular formula is C23H34N4O2. The molecule has 0 aliphatic carbocycles. The van der Waals surface area contributed by atoms with E-state index in [0.29, 0.717) is 19.7 Å². The highest BCUT2D eigenvalue weighted by molar-refractivity contribution is 5.79. The van der Waals surface area contributed by atoms with Gasteiger partial charge in [-0.25, -0.2) is 0 Å². The highest BCUT2D eigenvalue weighted by Gasteiger charge is 2.04. The van der Waals surface area contributed by atoms with Crippen LogP contribution in [0, 0.1) is 0 Å². The van der Waals surface area contributed by atoms with Crippen molar-refractivity contribution >= 4 is 5.96 Å². The molecule has 0 unspecified atom stereocenters. The third-order valence-corrected chi connectivity index (χ3v) is 4.34. The average Bonchev–Trinajstić information content (AvgIpc) is 2.73. The Morgan fingerprint density at radius 2 is 1.69 bits per heavy atom. The topological polar surface area (TPSA) is 58.1 Å². The van der Waals surface area contributed by atoms with Crippen LogP contribution >= 0.6 is 0 Å². The minimum absolute atomic E-state index is 0.648. The van der Waals surface area contributed by atoms with Gasteiger partial charge in [0.25, 0.3) is 0 Å². The monoisotopic (exact) mass is 398 g/mol. The molecule has 0 aliphatic heterocycles. The van der Waals surface area contributed by atoms with Gasteiger partial charge in [-0.15, -0.1) is 0 Å². The zero-order valence-electron chi connectivity index (χ0n) is 18.1. The molecule has 2 aromatic rings. The summed E-state index contributed by atoms with van der Waals surface area (Å²) in [5.74, 6) is 2.56. The largest absolute Gasteiger partial charge is 0.494 e. The molecule has 2 rings (SSSR count). The molecule has 0 aliphatic rings. The SMILES string of the molecule is CCOc1ccccc1CNC(=NC)NCc1ccc(OCCCN(C)C)cc1. The first-order valence-corrected chi connectivity index (χ1v) is 10.1. The number of hydrogen-bond acceptors (Lipinski definition) is 4. The van der Waals surface area contributed by atoms with Crippen molar-refractivity contribution in [3.05, 3.63) is 59.7 Å². The molecule has 0 atom stereocenters. The van der Waals surface area contributed by atoms with Crippen LogP contribution in [0.4, 0.5) is 0 Å². The molecule has 0 spiro atoms. The standard InChI is InChI=1S/C23H34N4O2/c1-5-28-22-10-7-6-9-20(22)18-26-23(24-2)25-17-19-11-13-21(14-12-19)29-16-8-15-27(3)4/h6-7,9-14H,5,8,15-18H2,1-4H3,(H2,24,25,26). The van der Waals surface area contributed by atoms with E-state index in [1.54, 1.807) is 7.05 Å². The Labute approximate surface area is 174 Å². The fraction of sp³-hybridized carbons (Fsp3) is 0.435. The number of ether oxygens (including phenoxy) is 2. The van der Waals surface area contributed by atoms with Crippen LogP contribution in [0.15, 0.2) is 53.5 Å². The van der Waals surface area contributed by atoms with Crippen molar-refractivity contribution in [1.82, 2.24) is 15.5 Å². The lowest BCUT2D eigenvalue weighted by Gasteiger charge is -2.14. The summed E-state index contributed by atoms with van der Waals surface area (Å²) in [5, 5.41) is 6.68. The molecule has 158 valence electrons. The normalized spacial score (nSPS) is 11.4. The van der Waals surface area contributed by atoms with Gasteiger partial charge in [0.05, 0.1) is 13.2 Å². The molecule has 6 heteroatoms. The maximum Gasteiger partial charge on any atom is 0.191 e. The summed E-state index contributed by atoms with van der Waals surface area (Å²) >= 11 is 0. The number of hydrogen-bond donors (Lipinski definition) is 2. The lowest BCUT2D eigenvalue weighted by Crippen LogP contribution is -2.36. The van der Waals surface area contributed by atoms with Crippen molar-refractivity contribution in [3.63, 3.8) is 0 Å². The van der Waals surface area contributed by atoms with Crippen LogP contribution in [-0.4, -0.2) is 51.8 Å². The van der Waals surface area contributed by atoms with Gasteiger partial charge in [-0.1, -0.05) is 30.3 Å². The van der Waals surface area contributed by atoms with E-state index >= 15 is 0 Å². The minimum atomic E-state index is 0.648. The molecule has 0 radical (unpaired) electrons. The predicted octanol–water partition coefficient (Wildman–Crippen LogP) is 3.28. The maximum atomic E-state index is 5.78. The highest BCUT2D eigenvalue weighted by atomic mass is 16.5. The van der Waals surface area contributed by atoms with Crippen molar-refractivity contribution in [3.8, 4) is 11.5 Å². The number of nitrogens with zero attached hydrogens (tertiary/aromatic N) is 2. The second kappa shape index (κ2) is 12.7. The molecule has 0 bridgehead atoms. The van der Waals surface area contributed by atoms with Gasteiger partial charge in [0.1, 0.15) is 11.5 Å². The Morgan fingerprint density at radius 1 is 0.966 bits per heavy atom. The molecule has 0 saturated carbocycles. The fourth-order valence-corrected chi connectivity index (χ4v) is 2.81. The summed E-state index contributed by atoms with van der Waals surface area (Å²) < 4.78 is 11.5. The zero-order valence-corrected chi connectivity index (χ0v) is 18.1. The van der Waals surface area contributed by atoms with Gasteiger partial charge in [0.2, 0.25) is 0 Å². The van der Waals surface area contributed by atoms with Gasteiger partial charge in [0.15, 0.2) is 5.96 Å². The van der Waals surface area contributed by atoms with Crippen LogP contribution in [0.1, 0.15) is 24.5 Å². The van der Waals surface area contributed by atoms with E-state index in [1.807, 2.05) is 37.3 Å². The van der Waals surface area contributed by atoms with Crippen LogP contribution in [0.2, 0.25) is 0 Å². The van der Waals surface area contributed by atoms with Gasteiger partial charge >= 0.3 is 0 Å². The van der Waals surface area contributed by atoms with E-state index in [2.05, 4.69) is 52.8 Å². The van der Waals surface area contributed by atoms with Gasteiger partial charge in [-0.3, -0.25) is 4.99 Å². The summed E-state index contributed by atoms with van der Waals surface area (Å²) in [6, 6.07) is 16.2. The fourth-order valence-electron chi connectivity index (χ4n) is 2.81. The number of para-hydroxylation sites is 1. The van der Waals surface area contributed by atoms with Gasteiger partial charge in [-0.05, 0) is 51.2 Å². The maximum absolute atomic E-state index is 5.78. The molecular weight excluding hydrogens is 364 g/mol. The summed E-state index contributed by atoms with van der Waals surface area (Å²) in [4.78, 5) is 6.46. The van der Waals surface area contributed by atoms with E-state index in [1.165, 1.54) is 5.56 Å².